The lowest BCUT2D eigenvalue weighted by molar-refractivity contribution is -0.657. The number of aromatic nitrogens is 1. The standard InChI is InChI=1S/C10H15BN2O5/c1-2-15-10(14)8-7-9(18-13-8)11-16-5-3-12-4-6-17-11/h7,12H,2-6H2,1H3/q-1/p+1. The molecule has 0 atom stereocenters. The fraction of sp³-hybridized carbons (Fsp3) is 0.600. The third-order valence-corrected chi connectivity index (χ3v) is 2.43. The number of carbonyl (C=O) groups is 1. The van der Waals surface area contributed by atoms with Gasteiger partial charge in [-0.3, -0.25) is 0 Å². The van der Waals surface area contributed by atoms with Crippen LogP contribution in [-0.2, 0) is 14.0 Å². The quantitative estimate of drug-likeness (QED) is 0.504. The summed E-state index contributed by atoms with van der Waals surface area (Å²) in [6, 6.07) is 1.49. The van der Waals surface area contributed by atoms with Gasteiger partial charge in [0, 0.05) is 5.66 Å². The summed E-state index contributed by atoms with van der Waals surface area (Å²) in [7, 11) is -0.602. The highest BCUT2D eigenvalue weighted by Crippen LogP contribution is 2.00. The van der Waals surface area contributed by atoms with Crippen LogP contribution in [0.1, 0.15) is 17.4 Å². The molecule has 8 heteroatoms. The average molecular weight is 255 g/mol. The lowest BCUT2D eigenvalue weighted by Gasteiger charge is -2.28. The van der Waals surface area contributed by atoms with Crippen molar-refractivity contribution in [3.05, 3.63) is 11.8 Å². The summed E-state index contributed by atoms with van der Waals surface area (Å²) >= 11 is 0. The first-order valence-electron chi connectivity index (χ1n) is 6.00. The molecule has 1 radical (unpaired) electrons. The predicted molar refractivity (Wildman–Crippen MR) is 61.4 cm³/mol. The van der Waals surface area contributed by atoms with Gasteiger partial charge in [-0.2, -0.15) is 0 Å². The van der Waals surface area contributed by atoms with E-state index in [1.165, 1.54) is 6.07 Å². The summed E-state index contributed by atoms with van der Waals surface area (Å²) in [5.74, 6) is -0.508. The molecule has 1 fully saturated rings. The van der Waals surface area contributed by atoms with E-state index in [1.807, 2.05) is 0 Å². The molecule has 1 saturated heterocycles. The maximum atomic E-state index is 11.4. The first-order chi connectivity index (χ1) is 8.81. The van der Waals surface area contributed by atoms with Crippen LogP contribution in [0, 0.1) is 0 Å². The monoisotopic (exact) mass is 255 g/mol. The number of nitrogens with zero attached hydrogens (tertiary/aromatic N) is 1. The molecule has 99 valence electrons. The summed E-state index contributed by atoms with van der Waals surface area (Å²) in [6.07, 6.45) is 0. The first-order valence-corrected chi connectivity index (χ1v) is 6.00. The molecule has 0 aliphatic carbocycles. The molecule has 1 aliphatic heterocycles. The lowest BCUT2D eigenvalue weighted by atomic mass is 9.85. The molecular weight excluding hydrogens is 239 g/mol. The van der Waals surface area contributed by atoms with Gasteiger partial charge in [0.15, 0.2) is 5.69 Å². The molecule has 1 aliphatic rings. The van der Waals surface area contributed by atoms with Gasteiger partial charge in [-0.05, 0) is 13.0 Å². The van der Waals surface area contributed by atoms with Crippen molar-refractivity contribution in [3.8, 4) is 0 Å². The van der Waals surface area contributed by atoms with Crippen LogP contribution < -0.4 is 11.0 Å². The molecule has 18 heavy (non-hydrogen) atoms. The number of quaternary nitrogens is 1. The zero-order valence-electron chi connectivity index (χ0n) is 10.3. The van der Waals surface area contributed by atoms with Gasteiger partial charge < -0.3 is 23.9 Å². The molecule has 0 amide bonds. The summed E-state index contributed by atoms with van der Waals surface area (Å²) < 4.78 is 20.8. The van der Waals surface area contributed by atoms with Crippen molar-refractivity contribution in [2.24, 2.45) is 0 Å². The van der Waals surface area contributed by atoms with Crippen LogP contribution >= 0.6 is 0 Å². The Morgan fingerprint density at radius 3 is 2.89 bits per heavy atom. The Morgan fingerprint density at radius 2 is 2.22 bits per heavy atom. The Balaban J connectivity index is 2.01. The van der Waals surface area contributed by atoms with E-state index in [0.29, 0.717) is 25.5 Å². The van der Waals surface area contributed by atoms with Crippen molar-refractivity contribution in [1.82, 2.24) is 5.16 Å². The minimum atomic E-state index is -0.602. The van der Waals surface area contributed by atoms with Crippen LogP contribution in [0.2, 0.25) is 0 Å². The van der Waals surface area contributed by atoms with E-state index in [4.69, 9.17) is 18.6 Å². The van der Waals surface area contributed by atoms with E-state index in [0.717, 1.165) is 13.1 Å². The van der Waals surface area contributed by atoms with Crippen LogP contribution in [-0.4, -0.2) is 51.2 Å². The molecule has 2 N–H and O–H groups in total. The van der Waals surface area contributed by atoms with Gasteiger partial charge in [-0.15, -0.1) is 0 Å². The van der Waals surface area contributed by atoms with Gasteiger partial charge in [0.25, 0.3) is 0 Å². The molecule has 7 nitrogen and oxygen atoms in total. The first kappa shape index (κ1) is 13.1. The molecule has 0 aromatic carbocycles. The Hall–Kier alpha value is -1.38. The second-order valence-electron chi connectivity index (χ2n) is 3.77. The van der Waals surface area contributed by atoms with Crippen molar-refractivity contribution in [3.63, 3.8) is 0 Å². The highest BCUT2D eigenvalue weighted by atomic mass is 16.6. The van der Waals surface area contributed by atoms with Crippen molar-refractivity contribution in [2.45, 2.75) is 6.92 Å². The normalized spacial score (nSPS) is 18.1. The topological polar surface area (TPSA) is 87.4 Å². The number of esters is 1. The molecule has 0 saturated carbocycles. The third kappa shape index (κ3) is 3.31. The molecule has 1 aromatic rings. The smallest absolute Gasteiger partial charge is 0.360 e. The molecule has 1 aromatic heterocycles. The molecule has 0 unspecified atom stereocenters. The van der Waals surface area contributed by atoms with Crippen molar-refractivity contribution in [2.75, 3.05) is 32.9 Å². The minimum Gasteiger partial charge on any atom is -0.580 e. The van der Waals surface area contributed by atoms with E-state index >= 15 is 0 Å². The van der Waals surface area contributed by atoms with Gasteiger partial charge in [0.2, 0.25) is 7.12 Å². The minimum absolute atomic E-state index is 0.132. The second kappa shape index (κ2) is 6.53. The van der Waals surface area contributed by atoms with E-state index < -0.39 is 13.1 Å². The van der Waals surface area contributed by atoms with Crippen LogP contribution in [0.5, 0.6) is 0 Å². The maximum Gasteiger partial charge on any atom is 0.360 e. The van der Waals surface area contributed by atoms with E-state index in [-0.39, 0.29) is 5.69 Å². The van der Waals surface area contributed by atoms with E-state index in [9.17, 15) is 4.79 Å². The number of nitrogens with two attached hydrogens (primary N) is 1. The number of hydrogen-bond acceptors (Lipinski definition) is 6. The maximum absolute atomic E-state index is 11.4. The van der Waals surface area contributed by atoms with Gasteiger partial charge in [0.05, 0.1) is 32.9 Å². The predicted octanol–water partition coefficient (Wildman–Crippen LogP) is -1.84. The summed E-state index contributed by atoms with van der Waals surface area (Å²) in [5, 5.41) is 5.76. The molecule has 2 heterocycles. The number of carbonyl (C=O) groups excluding carboxylic acids is 1. The Kier molecular flexibility index (Phi) is 4.74. The second-order valence-corrected chi connectivity index (χ2v) is 3.77. The van der Waals surface area contributed by atoms with Gasteiger partial charge in [-0.25, -0.2) is 4.79 Å². The zero-order chi connectivity index (χ0) is 12.8. The Bertz CT molecular complexity index is 389. The SMILES string of the molecule is CCOC(=O)c1cc([B-]2OCC[NH2+]CCO2)on1. The van der Waals surface area contributed by atoms with Crippen molar-refractivity contribution >= 4 is 18.7 Å². The molecule has 0 bridgehead atoms. The highest BCUT2D eigenvalue weighted by Gasteiger charge is 2.16. The average Bonchev–Trinajstić information content (AvgIpc) is 2.78. The fourth-order valence-electron chi connectivity index (χ4n) is 1.58. The molecule has 2 rings (SSSR count). The van der Waals surface area contributed by atoms with Gasteiger partial charge in [-0.1, -0.05) is 5.16 Å². The largest absolute Gasteiger partial charge is 0.580 e. The third-order valence-electron chi connectivity index (χ3n) is 2.43. The number of hydrogen-bond donors (Lipinski definition) is 1. The summed E-state index contributed by atoms with van der Waals surface area (Å²) in [4.78, 5) is 11.4. The van der Waals surface area contributed by atoms with Crippen LogP contribution in [0.15, 0.2) is 10.6 Å². The molecule has 0 spiro atoms. The zero-order valence-corrected chi connectivity index (χ0v) is 10.3. The summed E-state index contributed by atoms with van der Waals surface area (Å²) in [5.41, 5.74) is 0.521. The van der Waals surface area contributed by atoms with Gasteiger partial charge in [0.1, 0.15) is 0 Å². The van der Waals surface area contributed by atoms with E-state index in [2.05, 4.69) is 10.5 Å². The molecular formula is C10H16BN2O5. The van der Waals surface area contributed by atoms with E-state index in [1.54, 1.807) is 6.92 Å². The van der Waals surface area contributed by atoms with Crippen molar-refractivity contribution < 1.29 is 28.7 Å². The highest BCUT2D eigenvalue weighted by molar-refractivity contribution is 6.59. The van der Waals surface area contributed by atoms with Gasteiger partial charge >= 0.3 is 5.97 Å². The lowest BCUT2D eigenvalue weighted by Crippen LogP contribution is -2.86. The summed E-state index contributed by atoms with van der Waals surface area (Å²) in [6.45, 7) is 4.89. The van der Waals surface area contributed by atoms with Crippen LogP contribution in [0.4, 0.5) is 0 Å². The van der Waals surface area contributed by atoms with Crippen LogP contribution in [0.25, 0.3) is 0 Å². The Labute approximate surface area is 105 Å². The van der Waals surface area contributed by atoms with Crippen LogP contribution in [0.3, 0.4) is 0 Å². The Morgan fingerprint density at radius 1 is 1.50 bits per heavy atom. The fourth-order valence-corrected chi connectivity index (χ4v) is 1.58. The number of ether oxygens (including phenoxy) is 1. The number of rotatable bonds is 3. The van der Waals surface area contributed by atoms with Crippen molar-refractivity contribution in [1.29, 1.82) is 0 Å².